The molecule has 5 heteroatoms. The minimum absolute atomic E-state index is 0. The quantitative estimate of drug-likeness (QED) is 0.667. The van der Waals surface area contributed by atoms with Crippen molar-refractivity contribution in [3.05, 3.63) is 48.4 Å². The molecule has 0 fully saturated rings. The largest absolute Gasteiger partial charge is 0.338 e. The summed E-state index contributed by atoms with van der Waals surface area (Å²) in [6.07, 6.45) is 1.79. The van der Waals surface area contributed by atoms with Crippen LogP contribution in [0.15, 0.2) is 41.4 Å². The summed E-state index contributed by atoms with van der Waals surface area (Å²) in [5.74, 6) is 1.21. The third kappa shape index (κ3) is 3.68. The third-order valence-electron chi connectivity index (χ3n) is 2.34. The predicted octanol–water partition coefficient (Wildman–Crippen LogP) is 2.74. The monoisotopic (exact) mass is 265 g/mol. The molecule has 0 radical (unpaired) electrons. The van der Waals surface area contributed by atoms with Crippen LogP contribution in [0.1, 0.15) is 11.5 Å². The maximum atomic E-state index is 5.14. The Kier molecular flexibility index (Phi) is 5.55. The first kappa shape index (κ1) is 14.4. The van der Waals surface area contributed by atoms with Crippen LogP contribution in [-0.2, 0) is 6.54 Å². The fourth-order valence-corrected chi connectivity index (χ4v) is 1.43. The smallest absolute Gasteiger partial charge is 0.240 e. The molecule has 0 atom stereocenters. The van der Waals surface area contributed by atoms with Crippen molar-refractivity contribution >= 4 is 12.4 Å². The van der Waals surface area contributed by atoms with Crippen LogP contribution in [0.25, 0.3) is 11.4 Å². The molecule has 0 amide bonds. The molecule has 1 heterocycles. The third-order valence-corrected chi connectivity index (χ3v) is 2.34. The van der Waals surface area contributed by atoms with E-state index in [2.05, 4.69) is 22.0 Å². The number of hydrogen-bond donors (Lipinski definition) is 1. The van der Waals surface area contributed by atoms with Gasteiger partial charge in [0.1, 0.15) is 0 Å². The number of hydrogen-bond acceptors (Lipinski definition) is 4. The van der Waals surface area contributed by atoms with Gasteiger partial charge < -0.3 is 9.84 Å². The molecule has 0 bridgehead atoms. The molecule has 18 heavy (non-hydrogen) atoms. The summed E-state index contributed by atoms with van der Waals surface area (Å²) in [6.45, 7) is 6.95. The zero-order valence-corrected chi connectivity index (χ0v) is 11.0. The van der Waals surface area contributed by atoms with E-state index in [1.807, 2.05) is 31.2 Å². The Labute approximate surface area is 113 Å². The van der Waals surface area contributed by atoms with Gasteiger partial charge in [-0.05, 0) is 6.92 Å². The lowest BCUT2D eigenvalue weighted by molar-refractivity contribution is 0.370. The highest BCUT2D eigenvalue weighted by Gasteiger charge is 2.07. The molecule has 1 N–H and O–H groups in total. The van der Waals surface area contributed by atoms with Crippen LogP contribution in [-0.4, -0.2) is 16.7 Å². The van der Waals surface area contributed by atoms with Gasteiger partial charge in [0.2, 0.25) is 11.7 Å². The van der Waals surface area contributed by atoms with Crippen molar-refractivity contribution in [3.63, 3.8) is 0 Å². The Balaban J connectivity index is 0.00000162. The van der Waals surface area contributed by atoms with Crippen LogP contribution in [0.3, 0.4) is 0 Å². The fourth-order valence-electron chi connectivity index (χ4n) is 1.43. The van der Waals surface area contributed by atoms with E-state index in [1.165, 1.54) is 5.56 Å². The Bertz CT molecular complexity index is 493. The lowest BCUT2D eigenvalue weighted by Gasteiger charge is -1.95. The van der Waals surface area contributed by atoms with Gasteiger partial charge in [0.25, 0.3) is 0 Å². The zero-order chi connectivity index (χ0) is 12.1. The molecule has 96 valence electrons. The highest BCUT2D eigenvalue weighted by Crippen LogP contribution is 2.15. The van der Waals surface area contributed by atoms with E-state index in [1.54, 1.807) is 6.08 Å². The summed E-state index contributed by atoms with van der Waals surface area (Å²) < 4.78 is 5.14. The lowest BCUT2D eigenvalue weighted by Crippen LogP contribution is -2.12. The summed E-state index contributed by atoms with van der Waals surface area (Å²) in [5, 5.41) is 7.05. The van der Waals surface area contributed by atoms with Crippen LogP contribution in [0.4, 0.5) is 0 Å². The highest BCUT2D eigenvalue weighted by atomic mass is 35.5. The first-order valence-electron chi connectivity index (χ1n) is 5.51. The van der Waals surface area contributed by atoms with E-state index in [0.29, 0.717) is 18.3 Å². The number of benzene rings is 1. The summed E-state index contributed by atoms with van der Waals surface area (Å²) in [5.41, 5.74) is 2.18. The molecule has 4 nitrogen and oxygen atoms in total. The topological polar surface area (TPSA) is 51.0 Å². The summed E-state index contributed by atoms with van der Waals surface area (Å²) in [6, 6.07) is 8.03. The standard InChI is InChI=1S/C13H15N3O.ClH/c1-3-8-14-9-12-15-13(16-17-12)11-6-4-10(2)5-7-11;/h3-7,14H,1,8-9H2,2H3;1H. The molecule has 0 aliphatic carbocycles. The molecule has 0 saturated carbocycles. The van der Waals surface area contributed by atoms with Gasteiger partial charge in [-0.15, -0.1) is 19.0 Å². The second-order valence-electron chi connectivity index (χ2n) is 3.80. The number of aromatic nitrogens is 2. The average molecular weight is 266 g/mol. The molecular weight excluding hydrogens is 250 g/mol. The molecular formula is C13H16ClN3O. The molecule has 0 spiro atoms. The number of aryl methyl sites for hydroxylation is 1. The van der Waals surface area contributed by atoms with Gasteiger partial charge in [0.15, 0.2) is 0 Å². The number of nitrogens with one attached hydrogen (secondary N) is 1. The summed E-state index contributed by atoms with van der Waals surface area (Å²) >= 11 is 0. The van der Waals surface area contributed by atoms with Crippen LogP contribution in [0.2, 0.25) is 0 Å². The summed E-state index contributed by atoms with van der Waals surface area (Å²) in [4.78, 5) is 4.31. The van der Waals surface area contributed by atoms with Gasteiger partial charge in [0, 0.05) is 12.1 Å². The van der Waals surface area contributed by atoms with E-state index in [-0.39, 0.29) is 12.4 Å². The Hall–Kier alpha value is -1.65. The molecule has 2 rings (SSSR count). The van der Waals surface area contributed by atoms with Crippen molar-refractivity contribution in [2.75, 3.05) is 6.54 Å². The SMILES string of the molecule is C=CCNCc1nc(-c2ccc(C)cc2)no1.Cl. The molecule has 2 aromatic rings. The fraction of sp³-hybridized carbons (Fsp3) is 0.231. The predicted molar refractivity (Wildman–Crippen MR) is 73.6 cm³/mol. The molecule has 1 aromatic carbocycles. The zero-order valence-electron chi connectivity index (χ0n) is 10.2. The number of nitrogens with zero attached hydrogens (tertiary/aromatic N) is 2. The first-order chi connectivity index (χ1) is 8.29. The molecule has 0 unspecified atom stereocenters. The van der Waals surface area contributed by atoms with Crippen molar-refractivity contribution in [1.82, 2.24) is 15.5 Å². The van der Waals surface area contributed by atoms with Crippen molar-refractivity contribution < 1.29 is 4.52 Å². The van der Waals surface area contributed by atoms with Gasteiger partial charge in [-0.25, -0.2) is 0 Å². The van der Waals surface area contributed by atoms with E-state index in [0.717, 1.165) is 12.1 Å². The van der Waals surface area contributed by atoms with Crippen molar-refractivity contribution in [2.24, 2.45) is 0 Å². The molecule has 0 saturated heterocycles. The normalized spacial score (nSPS) is 9.83. The second kappa shape index (κ2) is 6.93. The minimum Gasteiger partial charge on any atom is -0.338 e. The molecule has 1 aromatic heterocycles. The number of rotatable bonds is 5. The summed E-state index contributed by atoms with van der Waals surface area (Å²) in [7, 11) is 0. The van der Waals surface area contributed by atoms with E-state index in [4.69, 9.17) is 4.52 Å². The van der Waals surface area contributed by atoms with E-state index < -0.39 is 0 Å². The Morgan fingerprint density at radius 1 is 1.33 bits per heavy atom. The first-order valence-corrected chi connectivity index (χ1v) is 5.51. The Morgan fingerprint density at radius 2 is 2.06 bits per heavy atom. The molecule has 0 aliphatic rings. The van der Waals surface area contributed by atoms with Crippen LogP contribution in [0.5, 0.6) is 0 Å². The van der Waals surface area contributed by atoms with Crippen LogP contribution in [0, 0.1) is 6.92 Å². The van der Waals surface area contributed by atoms with Gasteiger partial charge in [0.05, 0.1) is 6.54 Å². The lowest BCUT2D eigenvalue weighted by atomic mass is 10.1. The maximum absolute atomic E-state index is 5.14. The van der Waals surface area contributed by atoms with Gasteiger partial charge in [-0.2, -0.15) is 4.98 Å². The number of halogens is 1. The highest BCUT2D eigenvalue weighted by molar-refractivity contribution is 5.85. The van der Waals surface area contributed by atoms with E-state index in [9.17, 15) is 0 Å². The Morgan fingerprint density at radius 3 is 2.72 bits per heavy atom. The minimum atomic E-state index is 0. The van der Waals surface area contributed by atoms with Crippen molar-refractivity contribution in [1.29, 1.82) is 0 Å². The van der Waals surface area contributed by atoms with Crippen molar-refractivity contribution in [3.8, 4) is 11.4 Å². The molecule has 0 aliphatic heterocycles. The van der Waals surface area contributed by atoms with Gasteiger partial charge in [-0.3, -0.25) is 0 Å². The van der Waals surface area contributed by atoms with Gasteiger partial charge in [-0.1, -0.05) is 41.1 Å². The second-order valence-corrected chi connectivity index (χ2v) is 3.80. The average Bonchev–Trinajstić information content (AvgIpc) is 2.79. The van der Waals surface area contributed by atoms with E-state index >= 15 is 0 Å². The van der Waals surface area contributed by atoms with Crippen LogP contribution < -0.4 is 5.32 Å². The van der Waals surface area contributed by atoms with Gasteiger partial charge >= 0.3 is 0 Å². The van der Waals surface area contributed by atoms with Crippen molar-refractivity contribution in [2.45, 2.75) is 13.5 Å². The van der Waals surface area contributed by atoms with Crippen LogP contribution >= 0.6 is 12.4 Å². The maximum Gasteiger partial charge on any atom is 0.240 e.